The van der Waals surface area contributed by atoms with Gasteiger partial charge in [0.05, 0.1) is 16.5 Å². The summed E-state index contributed by atoms with van der Waals surface area (Å²) in [7, 11) is 0. The summed E-state index contributed by atoms with van der Waals surface area (Å²) in [5.74, 6) is 0.862. The van der Waals surface area contributed by atoms with Crippen molar-refractivity contribution in [1.82, 2.24) is 5.32 Å². The minimum absolute atomic E-state index is 0.862. The van der Waals surface area contributed by atoms with E-state index in [9.17, 15) is 0 Å². The Bertz CT molecular complexity index is 215. The van der Waals surface area contributed by atoms with Crippen LogP contribution < -0.4 is 5.32 Å². The first kappa shape index (κ1) is 5.11. The minimum Gasteiger partial charge on any atom is -0.273 e. The molecule has 0 spiro atoms. The lowest BCUT2D eigenvalue weighted by molar-refractivity contribution is 1.16. The number of thioether (sulfide) groups is 1. The summed E-state index contributed by atoms with van der Waals surface area (Å²) in [5, 5.41) is 3.98. The van der Waals surface area contributed by atoms with E-state index in [4.69, 9.17) is 0 Å². The van der Waals surface area contributed by atoms with Crippen LogP contribution in [0.3, 0.4) is 0 Å². The molecule has 0 aliphatic carbocycles. The SMILES string of the molecule is C1=CC2=NCSC2=C[N]1. The Kier molecular flexibility index (Phi) is 1.09. The lowest BCUT2D eigenvalue weighted by Gasteiger charge is -1.99. The smallest absolute Gasteiger partial charge is 0.0899 e. The molecule has 2 nitrogen and oxygen atoms in total. The standard InChI is InChI=1S/C6H5N2S/c1-2-7-3-6-5(1)8-4-9-6/h1-3H,4H2. The van der Waals surface area contributed by atoms with Crippen molar-refractivity contribution < 1.29 is 0 Å². The van der Waals surface area contributed by atoms with E-state index in [0.717, 1.165) is 11.6 Å². The Morgan fingerprint density at radius 3 is 3.44 bits per heavy atom. The average Bonchev–Trinajstić information content (AvgIpc) is 2.33. The summed E-state index contributed by atoms with van der Waals surface area (Å²) >= 11 is 1.74. The number of hydrogen-bond acceptors (Lipinski definition) is 2. The molecule has 0 amide bonds. The Hall–Kier alpha value is -0.700. The van der Waals surface area contributed by atoms with E-state index in [0.29, 0.717) is 0 Å². The molecule has 0 aromatic carbocycles. The van der Waals surface area contributed by atoms with Gasteiger partial charge >= 0.3 is 0 Å². The van der Waals surface area contributed by atoms with E-state index in [1.165, 1.54) is 4.91 Å². The van der Waals surface area contributed by atoms with Crippen LogP contribution in [0.1, 0.15) is 0 Å². The Morgan fingerprint density at radius 1 is 1.56 bits per heavy atom. The molecule has 0 N–H and O–H groups in total. The van der Waals surface area contributed by atoms with Crippen molar-refractivity contribution in [3.8, 4) is 0 Å². The second kappa shape index (κ2) is 1.92. The first-order valence-electron chi connectivity index (χ1n) is 2.71. The van der Waals surface area contributed by atoms with Gasteiger partial charge in [-0.25, -0.2) is 0 Å². The summed E-state index contributed by atoms with van der Waals surface area (Å²) in [5.41, 5.74) is 1.09. The third-order valence-corrected chi connectivity index (χ3v) is 2.10. The molecule has 0 unspecified atom stereocenters. The van der Waals surface area contributed by atoms with Gasteiger partial charge in [0.25, 0.3) is 0 Å². The molecule has 0 fully saturated rings. The zero-order valence-corrected chi connectivity index (χ0v) is 5.56. The number of allylic oxidation sites excluding steroid dienone is 2. The molecule has 2 rings (SSSR count). The van der Waals surface area contributed by atoms with Crippen molar-refractivity contribution in [3.63, 3.8) is 0 Å². The minimum atomic E-state index is 0.862. The van der Waals surface area contributed by atoms with Gasteiger partial charge in [0.1, 0.15) is 0 Å². The van der Waals surface area contributed by atoms with Crippen LogP contribution in [0.25, 0.3) is 0 Å². The normalized spacial score (nSPS) is 22.2. The van der Waals surface area contributed by atoms with Crippen molar-refractivity contribution in [2.45, 2.75) is 0 Å². The third-order valence-electron chi connectivity index (χ3n) is 1.22. The molecule has 0 aromatic heterocycles. The second-order valence-corrected chi connectivity index (χ2v) is 2.76. The maximum absolute atomic E-state index is 4.22. The molecule has 9 heavy (non-hydrogen) atoms. The Morgan fingerprint density at radius 2 is 2.56 bits per heavy atom. The molecule has 0 aromatic rings. The van der Waals surface area contributed by atoms with Crippen LogP contribution in [0.2, 0.25) is 0 Å². The highest BCUT2D eigenvalue weighted by molar-refractivity contribution is 8.04. The zero-order valence-electron chi connectivity index (χ0n) is 4.74. The molecule has 0 saturated carbocycles. The van der Waals surface area contributed by atoms with E-state index in [1.54, 1.807) is 18.0 Å². The van der Waals surface area contributed by atoms with Crippen LogP contribution in [-0.4, -0.2) is 11.6 Å². The highest BCUT2D eigenvalue weighted by Crippen LogP contribution is 2.25. The van der Waals surface area contributed by atoms with Gasteiger partial charge in [-0.2, -0.15) is 0 Å². The van der Waals surface area contributed by atoms with Gasteiger partial charge in [-0.3, -0.25) is 10.3 Å². The quantitative estimate of drug-likeness (QED) is 0.491. The van der Waals surface area contributed by atoms with Gasteiger partial charge in [-0.1, -0.05) is 11.8 Å². The van der Waals surface area contributed by atoms with Crippen LogP contribution in [0.4, 0.5) is 0 Å². The average molecular weight is 137 g/mol. The van der Waals surface area contributed by atoms with Crippen LogP contribution in [0.15, 0.2) is 28.4 Å². The van der Waals surface area contributed by atoms with Gasteiger partial charge in [0.2, 0.25) is 0 Å². The molecule has 3 heteroatoms. The van der Waals surface area contributed by atoms with Crippen molar-refractivity contribution >= 4 is 17.5 Å². The van der Waals surface area contributed by atoms with E-state index < -0.39 is 0 Å². The molecule has 45 valence electrons. The number of hydrogen-bond donors (Lipinski definition) is 0. The fourth-order valence-corrected chi connectivity index (χ4v) is 1.54. The lowest BCUT2D eigenvalue weighted by Crippen LogP contribution is -2.00. The summed E-state index contributed by atoms with van der Waals surface area (Å²) in [6.45, 7) is 0. The summed E-state index contributed by atoms with van der Waals surface area (Å²) in [4.78, 5) is 5.43. The molecule has 2 aliphatic heterocycles. The topological polar surface area (TPSA) is 26.5 Å². The van der Waals surface area contributed by atoms with Crippen LogP contribution >= 0.6 is 11.8 Å². The van der Waals surface area contributed by atoms with E-state index in [2.05, 4.69) is 10.3 Å². The summed E-state index contributed by atoms with van der Waals surface area (Å²) in [6, 6.07) is 0. The Labute approximate surface area is 57.7 Å². The van der Waals surface area contributed by atoms with Crippen LogP contribution in [-0.2, 0) is 0 Å². The van der Waals surface area contributed by atoms with Gasteiger partial charge < -0.3 is 0 Å². The molecule has 0 saturated heterocycles. The fraction of sp³-hybridized carbons (Fsp3) is 0.167. The predicted octanol–water partition coefficient (Wildman–Crippen LogP) is 1.10. The molecular formula is C6H5N2S. The lowest BCUT2D eigenvalue weighted by atomic mass is 10.3. The monoisotopic (exact) mass is 137 g/mol. The molecule has 2 aliphatic rings. The van der Waals surface area contributed by atoms with E-state index in [-0.39, 0.29) is 0 Å². The molecule has 2 heterocycles. The van der Waals surface area contributed by atoms with Gasteiger partial charge in [-0.15, -0.1) is 0 Å². The third kappa shape index (κ3) is 0.772. The van der Waals surface area contributed by atoms with Crippen molar-refractivity contribution in [2.75, 3.05) is 5.88 Å². The summed E-state index contributed by atoms with van der Waals surface area (Å²) in [6.07, 6.45) is 5.57. The van der Waals surface area contributed by atoms with Gasteiger partial charge in [-0.05, 0) is 6.08 Å². The first-order valence-corrected chi connectivity index (χ1v) is 3.70. The summed E-state index contributed by atoms with van der Waals surface area (Å²) < 4.78 is 0. The molecule has 0 bridgehead atoms. The number of nitrogens with zero attached hydrogens (tertiary/aromatic N) is 2. The molecule has 0 atom stereocenters. The van der Waals surface area contributed by atoms with Crippen LogP contribution in [0.5, 0.6) is 0 Å². The van der Waals surface area contributed by atoms with Crippen molar-refractivity contribution in [3.05, 3.63) is 23.4 Å². The Balaban J connectivity index is 2.37. The molecular weight excluding hydrogens is 132 g/mol. The predicted molar refractivity (Wildman–Crippen MR) is 39.3 cm³/mol. The van der Waals surface area contributed by atoms with Gasteiger partial charge in [0.15, 0.2) is 0 Å². The maximum atomic E-state index is 4.22. The number of aliphatic imine (C=N–C) groups is 1. The van der Waals surface area contributed by atoms with Crippen molar-refractivity contribution in [2.24, 2.45) is 4.99 Å². The first-order chi connectivity index (χ1) is 4.47. The van der Waals surface area contributed by atoms with E-state index in [1.807, 2.05) is 12.3 Å². The largest absolute Gasteiger partial charge is 0.273 e. The molecule has 1 radical (unpaired) electrons. The second-order valence-electron chi connectivity index (χ2n) is 1.77. The van der Waals surface area contributed by atoms with Crippen LogP contribution in [0, 0.1) is 0 Å². The fourth-order valence-electron chi connectivity index (χ4n) is 0.786. The maximum Gasteiger partial charge on any atom is 0.0899 e. The zero-order chi connectivity index (χ0) is 6.10. The highest BCUT2D eigenvalue weighted by Gasteiger charge is 2.12. The highest BCUT2D eigenvalue weighted by atomic mass is 32.2. The van der Waals surface area contributed by atoms with Crippen molar-refractivity contribution in [1.29, 1.82) is 0 Å². The van der Waals surface area contributed by atoms with E-state index >= 15 is 0 Å². The van der Waals surface area contributed by atoms with Gasteiger partial charge in [0, 0.05) is 12.4 Å². The number of rotatable bonds is 0. The number of fused-ring (bicyclic) bond motifs is 1.